The van der Waals surface area contributed by atoms with E-state index in [9.17, 15) is 14.5 Å². The molecular formula is C6H3Cl3FNO4S. The first-order chi connectivity index (χ1) is 7.11. The maximum Gasteiger partial charge on any atom is 0.317 e. The largest absolute Gasteiger partial charge is 0.317 e. The Morgan fingerprint density at radius 1 is 1.31 bits per heavy atom. The van der Waals surface area contributed by atoms with Gasteiger partial charge in [-0.3, -0.25) is 10.1 Å². The van der Waals surface area contributed by atoms with Crippen LogP contribution in [0.15, 0.2) is 18.2 Å². The van der Waals surface area contributed by atoms with Gasteiger partial charge in [0, 0.05) is 32.5 Å². The zero-order valence-corrected chi connectivity index (χ0v) is 10.3. The Balaban J connectivity index is 0.000000385. The van der Waals surface area contributed by atoms with E-state index in [1.54, 1.807) is 0 Å². The Labute approximate surface area is 104 Å². The fourth-order valence-corrected chi connectivity index (χ4v) is 0.792. The van der Waals surface area contributed by atoms with E-state index < -0.39 is 24.7 Å². The molecule has 0 amide bonds. The summed E-state index contributed by atoms with van der Waals surface area (Å²) in [4.78, 5) is 9.26. The van der Waals surface area contributed by atoms with E-state index >= 15 is 0 Å². The van der Waals surface area contributed by atoms with E-state index in [-0.39, 0.29) is 5.02 Å². The first-order valence-electron chi connectivity index (χ1n) is 3.35. The standard InChI is InChI=1S/C6H3ClFNO2.Cl2O2S/c7-4-1-2-5(8)6(3-4)9(10)11;1-5(2,3)4/h1-3H;. The molecule has 0 radical (unpaired) electrons. The molecule has 0 saturated carbocycles. The molecule has 0 aromatic heterocycles. The summed E-state index contributed by atoms with van der Waals surface area (Å²) in [6.45, 7) is 0. The molecule has 90 valence electrons. The Kier molecular flexibility index (Phi) is 5.95. The Morgan fingerprint density at radius 2 is 1.75 bits per heavy atom. The van der Waals surface area contributed by atoms with Crippen LogP contribution < -0.4 is 0 Å². The molecule has 1 aromatic carbocycles. The average molecular weight is 311 g/mol. The van der Waals surface area contributed by atoms with Gasteiger partial charge in [0.25, 0.3) is 0 Å². The quantitative estimate of drug-likeness (QED) is 0.453. The predicted octanol–water partition coefficient (Wildman–Crippen LogP) is 3.10. The van der Waals surface area contributed by atoms with Gasteiger partial charge in [-0.1, -0.05) is 11.6 Å². The van der Waals surface area contributed by atoms with Crippen LogP contribution in [0.3, 0.4) is 0 Å². The van der Waals surface area contributed by atoms with Crippen LogP contribution >= 0.6 is 33.0 Å². The van der Waals surface area contributed by atoms with Crippen molar-refractivity contribution < 1.29 is 17.7 Å². The number of benzene rings is 1. The first kappa shape index (κ1) is 15.4. The molecular weight excluding hydrogens is 307 g/mol. The number of nitro groups is 1. The number of nitrogens with zero attached hydrogens (tertiary/aromatic N) is 1. The monoisotopic (exact) mass is 309 g/mol. The second-order valence-electron chi connectivity index (χ2n) is 2.23. The van der Waals surface area contributed by atoms with Crippen LogP contribution in [0.5, 0.6) is 0 Å². The molecule has 0 aliphatic heterocycles. The number of hydrogen-bond donors (Lipinski definition) is 0. The molecule has 10 heteroatoms. The van der Waals surface area contributed by atoms with Gasteiger partial charge in [-0.2, -0.15) is 12.8 Å². The lowest BCUT2D eigenvalue weighted by Gasteiger charge is -1.92. The SMILES string of the molecule is O=S(=O)(Cl)Cl.O=[N+]([O-])c1cc(Cl)ccc1F. The van der Waals surface area contributed by atoms with Crippen molar-refractivity contribution in [2.45, 2.75) is 0 Å². The van der Waals surface area contributed by atoms with Crippen molar-refractivity contribution in [3.8, 4) is 0 Å². The highest BCUT2D eigenvalue weighted by molar-refractivity contribution is 8.31. The number of halogens is 4. The highest BCUT2D eigenvalue weighted by Gasteiger charge is 2.12. The van der Waals surface area contributed by atoms with E-state index in [4.69, 9.17) is 20.0 Å². The van der Waals surface area contributed by atoms with Crippen molar-refractivity contribution in [3.63, 3.8) is 0 Å². The highest BCUT2D eigenvalue weighted by Crippen LogP contribution is 2.20. The third-order valence-electron chi connectivity index (χ3n) is 1.10. The summed E-state index contributed by atoms with van der Waals surface area (Å²) < 4.78 is 30.8. The minimum atomic E-state index is -3.72. The Bertz CT molecular complexity index is 485. The molecule has 0 bridgehead atoms. The zero-order valence-electron chi connectivity index (χ0n) is 7.23. The van der Waals surface area contributed by atoms with E-state index in [1.807, 2.05) is 0 Å². The Morgan fingerprint density at radius 3 is 2.06 bits per heavy atom. The van der Waals surface area contributed by atoms with Crippen molar-refractivity contribution >= 4 is 46.9 Å². The van der Waals surface area contributed by atoms with Gasteiger partial charge in [-0.15, -0.1) is 0 Å². The van der Waals surface area contributed by atoms with E-state index in [2.05, 4.69) is 21.4 Å². The summed E-state index contributed by atoms with van der Waals surface area (Å²) in [5.74, 6) is -0.876. The zero-order chi connectivity index (χ0) is 12.9. The fraction of sp³-hybridized carbons (Fsp3) is 0. The molecule has 0 saturated heterocycles. The van der Waals surface area contributed by atoms with Gasteiger partial charge in [0.1, 0.15) is 0 Å². The van der Waals surface area contributed by atoms with Gasteiger partial charge in [0.05, 0.1) is 4.92 Å². The molecule has 0 N–H and O–H groups in total. The van der Waals surface area contributed by atoms with Crippen LogP contribution in [-0.4, -0.2) is 13.3 Å². The Hall–Kier alpha value is -0.630. The summed E-state index contributed by atoms with van der Waals surface area (Å²) in [6, 6.07) is 3.18. The van der Waals surface area contributed by atoms with E-state index in [1.165, 1.54) is 6.07 Å². The third-order valence-corrected chi connectivity index (χ3v) is 1.34. The lowest BCUT2D eigenvalue weighted by molar-refractivity contribution is -0.387. The van der Waals surface area contributed by atoms with Gasteiger partial charge < -0.3 is 0 Å². The van der Waals surface area contributed by atoms with Crippen molar-refractivity contribution in [3.05, 3.63) is 39.2 Å². The van der Waals surface area contributed by atoms with Crippen LogP contribution in [0.1, 0.15) is 0 Å². The fourth-order valence-electron chi connectivity index (χ4n) is 0.626. The van der Waals surface area contributed by atoms with Crippen molar-refractivity contribution in [2.75, 3.05) is 0 Å². The molecule has 1 aromatic rings. The summed E-state index contributed by atoms with van der Waals surface area (Å²) >= 11 is 5.39. The van der Waals surface area contributed by atoms with Gasteiger partial charge in [-0.05, 0) is 12.1 Å². The minimum absolute atomic E-state index is 0.151. The van der Waals surface area contributed by atoms with Gasteiger partial charge in [0.2, 0.25) is 5.82 Å². The minimum Gasteiger partial charge on any atom is -0.258 e. The number of nitro benzene ring substituents is 1. The molecule has 0 heterocycles. The highest BCUT2D eigenvalue weighted by atomic mass is 36.0. The van der Waals surface area contributed by atoms with E-state index in [0.717, 1.165) is 12.1 Å². The summed E-state index contributed by atoms with van der Waals surface area (Å²) in [6.07, 6.45) is 0. The molecule has 0 spiro atoms. The van der Waals surface area contributed by atoms with Crippen LogP contribution in [0.4, 0.5) is 10.1 Å². The third kappa shape index (κ3) is 7.63. The molecule has 16 heavy (non-hydrogen) atoms. The molecule has 0 aliphatic rings. The maximum atomic E-state index is 12.5. The van der Waals surface area contributed by atoms with Crippen LogP contribution in [-0.2, 0) is 8.26 Å². The van der Waals surface area contributed by atoms with Crippen molar-refractivity contribution in [2.24, 2.45) is 0 Å². The maximum absolute atomic E-state index is 12.5. The second-order valence-corrected chi connectivity index (χ2v) is 6.34. The summed E-state index contributed by atoms with van der Waals surface area (Å²) in [5, 5.41) is 10.2. The average Bonchev–Trinajstić information content (AvgIpc) is 2.06. The summed E-state index contributed by atoms with van der Waals surface area (Å²) in [7, 11) is 4.81. The molecule has 0 unspecified atom stereocenters. The molecule has 0 atom stereocenters. The van der Waals surface area contributed by atoms with Crippen LogP contribution in [0, 0.1) is 15.9 Å². The van der Waals surface area contributed by atoms with Crippen molar-refractivity contribution in [1.82, 2.24) is 0 Å². The predicted molar refractivity (Wildman–Crippen MR) is 58.7 cm³/mol. The molecule has 1 rings (SSSR count). The van der Waals surface area contributed by atoms with Gasteiger partial charge in [0.15, 0.2) is 0 Å². The normalized spacial score (nSPS) is 10.2. The van der Waals surface area contributed by atoms with Crippen LogP contribution in [0.25, 0.3) is 0 Å². The number of rotatable bonds is 1. The van der Waals surface area contributed by atoms with Gasteiger partial charge >= 0.3 is 14.0 Å². The lowest BCUT2D eigenvalue weighted by atomic mass is 10.3. The molecule has 5 nitrogen and oxygen atoms in total. The van der Waals surface area contributed by atoms with Crippen LogP contribution in [0.2, 0.25) is 5.02 Å². The smallest absolute Gasteiger partial charge is 0.258 e. The second kappa shape index (κ2) is 6.19. The van der Waals surface area contributed by atoms with Gasteiger partial charge in [-0.25, -0.2) is 0 Å². The van der Waals surface area contributed by atoms with E-state index in [0.29, 0.717) is 0 Å². The lowest BCUT2D eigenvalue weighted by Crippen LogP contribution is -1.91. The summed E-state index contributed by atoms with van der Waals surface area (Å²) in [5.41, 5.74) is -0.600. The number of hydrogen-bond acceptors (Lipinski definition) is 4. The molecule has 0 aliphatic carbocycles. The molecule has 0 fully saturated rings. The topological polar surface area (TPSA) is 77.3 Å². The first-order valence-corrected chi connectivity index (χ1v) is 6.86. The van der Waals surface area contributed by atoms with Crippen molar-refractivity contribution in [1.29, 1.82) is 0 Å².